The van der Waals surface area contributed by atoms with Crippen molar-refractivity contribution in [1.82, 2.24) is 9.97 Å². The number of hydrogen-bond acceptors (Lipinski definition) is 6. The summed E-state index contributed by atoms with van der Waals surface area (Å²) in [4.78, 5) is 33.9. The second kappa shape index (κ2) is 6.89. The van der Waals surface area contributed by atoms with Crippen molar-refractivity contribution in [3.05, 3.63) is 53.5 Å². The van der Waals surface area contributed by atoms with Crippen LogP contribution < -0.4 is 10.6 Å². The zero-order valence-electron chi connectivity index (χ0n) is 13.7. The number of benzene rings is 1. The first-order valence-corrected chi connectivity index (χ1v) is 9.66. The SMILES string of the molecule is CC1Sc2ccc(C(=O)Nc3nc(-c4ccccn4)cs3)cc2NC1=O. The highest BCUT2D eigenvalue weighted by atomic mass is 32.2. The summed E-state index contributed by atoms with van der Waals surface area (Å²) in [6.45, 7) is 1.85. The molecule has 8 heteroatoms. The molecule has 2 amide bonds. The molecular formula is C18H14N4O2S2. The van der Waals surface area contributed by atoms with Crippen LogP contribution in [0.15, 0.2) is 52.9 Å². The van der Waals surface area contributed by atoms with Gasteiger partial charge in [0.1, 0.15) is 5.69 Å². The van der Waals surface area contributed by atoms with E-state index in [1.54, 1.807) is 18.3 Å². The van der Waals surface area contributed by atoms with Crippen molar-refractivity contribution < 1.29 is 9.59 Å². The number of carbonyl (C=O) groups excluding carboxylic acids is 2. The normalized spacial score (nSPS) is 15.9. The molecule has 1 aromatic carbocycles. The molecule has 1 atom stereocenters. The molecule has 1 unspecified atom stereocenters. The highest BCUT2D eigenvalue weighted by Crippen LogP contribution is 2.36. The van der Waals surface area contributed by atoms with Gasteiger partial charge in [0.2, 0.25) is 5.91 Å². The van der Waals surface area contributed by atoms with Gasteiger partial charge >= 0.3 is 0 Å². The zero-order chi connectivity index (χ0) is 18.1. The summed E-state index contributed by atoms with van der Waals surface area (Å²) in [7, 11) is 0. The number of anilines is 2. The van der Waals surface area contributed by atoms with Crippen molar-refractivity contribution in [2.24, 2.45) is 0 Å². The van der Waals surface area contributed by atoms with E-state index in [2.05, 4.69) is 20.6 Å². The fraction of sp³-hybridized carbons (Fsp3) is 0.111. The van der Waals surface area contributed by atoms with E-state index in [0.717, 1.165) is 10.6 Å². The predicted octanol–water partition coefficient (Wildman–Crippen LogP) is 3.89. The van der Waals surface area contributed by atoms with Gasteiger partial charge in [0.15, 0.2) is 5.13 Å². The highest BCUT2D eigenvalue weighted by Gasteiger charge is 2.24. The second-order valence-electron chi connectivity index (χ2n) is 5.67. The fourth-order valence-electron chi connectivity index (χ4n) is 2.48. The first-order chi connectivity index (χ1) is 12.6. The molecule has 4 rings (SSSR count). The largest absolute Gasteiger partial charge is 0.324 e. The van der Waals surface area contributed by atoms with E-state index >= 15 is 0 Å². The van der Waals surface area contributed by atoms with E-state index in [4.69, 9.17) is 0 Å². The average Bonchev–Trinajstić information content (AvgIpc) is 3.11. The van der Waals surface area contributed by atoms with Crippen molar-refractivity contribution in [3.8, 4) is 11.4 Å². The molecule has 0 bridgehead atoms. The van der Waals surface area contributed by atoms with Gasteiger partial charge in [-0.15, -0.1) is 23.1 Å². The quantitative estimate of drug-likeness (QED) is 0.718. The van der Waals surface area contributed by atoms with Crippen LogP contribution in [-0.4, -0.2) is 27.0 Å². The molecule has 1 aliphatic rings. The fourth-order valence-corrected chi connectivity index (χ4v) is 4.11. The van der Waals surface area contributed by atoms with E-state index in [1.165, 1.54) is 23.1 Å². The van der Waals surface area contributed by atoms with Crippen molar-refractivity contribution in [1.29, 1.82) is 0 Å². The lowest BCUT2D eigenvalue weighted by atomic mass is 10.2. The van der Waals surface area contributed by atoms with Crippen LogP contribution in [0.25, 0.3) is 11.4 Å². The van der Waals surface area contributed by atoms with Crippen LogP contribution in [0, 0.1) is 0 Å². The highest BCUT2D eigenvalue weighted by molar-refractivity contribution is 8.00. The van der Waals surface area contributed by atoms with Crippen LogP contribution in [0.4, 0.5) is 10.8 Å². The van der Waals surface area contributed by atoms with Crippen LogP contribution in [0.5, 0.6) is 0 Å². The Balaban J connectivity index is 1.52. The average molecular weight is 382 g/mol. The molecule has 130 valence electrons. The molecule has 3 heterocycles. The number of nitrogens with zero attached hydrogens (tertiary/aromatic N) is 2. The topological polar surface area (TPSA) is 84.0 Å². The second-order valence-corrected chi connectivity index (χ2v) is 7.91. The van der Waals surface area contributed by atoms with Gasteiger partial charge in [-0.1, -0.05) is 6.07 Å². The third-order valence-corrected chi connectivity index (χ3v) is 5.76. The molecule has 0 aliphatic carbocycles. The van der Waals surface area contributed by atoms with E-state index in [1.807, 2.05) is 36.6 Å². The minimum atomic E-state index is -0.271. The molecule has 0 spiro atoms. The maximum absolute atomic E-state index is 12.5. The number of rotatable bonds is 3. The van der Waals surface area contributed by atoms with Gasteiger partial charge in [-0.25, -0.2) is 4.98 Å². The summed E-state index contributed by atoms with van der Waals surface area (Å²) >= 11 is 2.82. The number of carbonyl (C=O) groups is 2. The molecule has 1 aliphatic heterocycles. The number of fused-ring (bicyclic) bond motifs is 1. The first-order valence-electron chi connectivity index (χ1n) is 7.90. The Bertz CT molecular complexity index is 988. The Hall–Kier alpha value is -2.71. The molecule has 6 nitrogen and oxygen atoms in total. The maximum Gasteiger partial charge on any atom is 0.257 e. The van der Waals surface area contributed by atoms with Gasteiger partial charge in [-0.3, -0.25) is 19.9 Å². The number of aromatic nitrogens is 2. The van der Waals surface area contributed by atoms with E-state index in [0.29, 0.717) is 22.1 Å². The molecule has 0 radical (unpaired) electrons. The van der Waals surface area contributed by atoms with Crippen LogP contribution >= 0.6 is 23.1 Å². The molecule has 26 heavy (non-hydrogen) atoms. The maximum atomic E-state index is 12.5. The summed E-state index contributed by atoms with van der Waals surface area (Å²) in [6, 6.07) is 10.9. The lowest BCUT2D eigenvalue weighted by molar-refractivity contribution is -0.115. The third kappa shape index (κ3) is 3.33. The number of pyridine rings is 1. The van der Waals surface area contributed by atoms with Crippen molar-refractivity contribution in [3.63, 3.8) is 0 Å². The monoisotopic (exact) mass is 382 g/mol. The van der Waals surface area contributed by atoms with E-state index in [-0.39, 0.29) is 17.1 Å². The number of thioether (sulfide) groups is 1. The molecule has 2 N–H and O–H groups in total. The van der Waals surface area contributed by atoms with E-state index < -0.39 is 0 Å². The summed E-state index contributed by atoms with van der Waals surface area (Å²) in [6.07, 6.45) is 1.70. The van der Waals surface area contributed by atoms with Crippen molar-refractivity contribution in [2.45, 2.75) is 17.1 Å². The lowest BCUT2D eigenvalue weighted by Crippen LogP contribution is -2.26. The van der Waals surface area contributed by atoms with Gasteiger partial charge in [0.05, 0.1) is 16.6 Å². The van der Waals surface area contributed by atoms with Crippen molar-refractivity contribution in [2.75, 3.05) is 10.6 Å². The number of nitrogens with one attached hydrogen (secondary N) is 2. The van der Waals surface area contributed by atoms with Crippen LogP contribution in [-0.2, 0) is 4.79 Å². The Morgan fingerprint density at radius 3 is 2.92 bits per heavy atom. The zero-order valence-corrected chi connectivity index (χ0v) is 15.4. The molecule has 3 aromatic rings. The Morgan fingerprint density at radius 2 is 2.12 bits per heavy atom. The Kier molecular flexibility index (Phi) is 4.44. The van der Waals surface area contributed by atoms with Gasteiger partial charge in [-0.05, 0) is 37.3 Å². The number of thiazole rings is 1. The lowest BCUT2D eigenvalue weighted by Gasteiger charge is -2.21. The predicted molar refractivity (Wildman–Crippen MR) is 104 cm³/mol. The third-order valence-electron chi connectivity index (χ3n) is 3.82. The Morgan fingerprint density at radius 1 is 1.23 bits per heavy atom. The van der Waals surface area contributed by atoms with Crippen LogP contribution in [0.3, 0.4) is 0 Å². The smallest absolute Gasteiger partial charge is 0.257 e. The summed E-state index contributed by atoms with van der Waals surface area (Å²) in [5.74, 6) is -0.326. The number of hydrogen-bond donors (Lipinski definition) is 2. The van der Waals surface area contributed by atoms with Crippen LogP contribution in [0.2, 0.25) is 0 Å². The first kappa shape index (κ1) is 16.7. The number of amides is 2. The standard InChI is InChI=1S/C18H14N4O2S2/c1-10-16(23)20-13-8-11(5-6-15(13)26-10)17(24)22-18-21-14(9-25-18)12-4-2-3-7-19-12/h2-10H,1H3,(H,20,23)(H,21,22,24). The minimum absolute atomic E-state index is 0.0556. The summed E-state index contributed by atoms with van der Waals surface area (Å²) in [5.41, 5.74) is 2.61. The molecular weight excluding hydrogens is 368 g/mol. The minimum Gasteiger partial charge on any atom is -0.324 e. The molecule has 0 fully saturated rings. The van der Waals surface area contributed by atoms with Gasteiger partial charge in [0.25, 0.3) is 5.91 Å². The van der Waals surface area contributed by atoms with Gasteiger partial charge in [-0.2, -0.15) is 0 Å². The molecule has 0 saturated heterocycles. The molecule has 0 saturated carbocycles. The van der Waals surface area contributed by atoms with E-state index in [9.17, 15) is 9.59 Å². The van der Waals surface area contributed by atoms with Crippen molar-refractivity contribution >= 4 is 45.7 Å². The Labute approximate surface area is 158 Å². The summed E-state index contributed by atoms with van der Waals surface area (Å²) < 4.78 is 0. The van der Waals surface area contributed by atoms with Crippen LogP contribution in [0.1, 0.15) is 17.3 Å². The van der Waals surface area contributed by atoms with Gasteiger partial charge < -0.3 is 5.32 Å². The van der Waals surface area contributed by atoms with Gasteiger partial charge in [0, 0.05) is 22.0 Å². The summed E-state index contributed by atoms with van der Waals surface area (Å²) in [5, 5.41) is 7.84. The molecule has 2 aromatic heterocycles.